The maximum Gasteiger partial charge on any atom is 0.336 e. The first-order valence-corrected chi connectivity index (χ1v) is 14.6. The maximum absolute atomic E-state index is 12.8. The van der Waals surface area contributed by atoms with E-state index in [0.29, 0.717) is 16.8 Å². The minimum atomic E-state index is -0.691. The molecular weight excluding hydrogens is 636 g/mol. The average Bonchev–Trinajstić information content (AvgIpc) is 3.08. The highest BCUT2D eigenvalue weighted by atomic mass is 16.6. The van der Waals surface area contributed by atoms with Crippen LogP contribution in [-0.2, 0) is 9.59 Å². The minimum absolute atomic E-state index is 0.0650. The number of methoxy groups -OCH3 is 1. The summed E-state index contributed by atoms with van der Waals surface area (Å²) >= 11 is 0. The average molecular weight is 667 g/mol. The Morgan fingerprint density at radius 2 is 1.51 bits per heavy atom. The number of esters is 2. The standard InChI is InChI=1S/C35H30N4O10/c1-4-47-32-18-24(10-15-30(32)49-33(41)17-11-23-8-13-28(14-9-23)39(44)45)21-36-38-35(43)25-6-5-7-27(19-25)37-34(42)26-12-16-29(48-22(2)40)31(20-26)46-3/h5-21H,4H2,1-3H3,(H,37,42)(H,38,43)/b17-11+,36-21?. The molecule has 4 aromatic carbocycles. The molecule has 0 aromatic heterocycles. The number of nitro groups is 1. The van der Waals surface area contributed by atoms with E-state index in [9.17, 15) is 29.3 Å². The third-order valence-electron chi connectivity index (χ3n) is 6.44. The second-order valence-corrected chi connectivity index (χ2v) is 9.94. The molecule has 14 nitrogen and oxygen atoms in total. The van der Waals surface area contributed by atoms with Crippen molar-refractivity contribution >= 4 is 47.4 Å². The summed E-state index contributed by atoms with van der Waals surface area (Å²) in [5, 5.41) is 17.5. The number of nitrogens with one attached hydrogen (secondary N) is 2. The van der Waals surface area contributed by atoms with Crippen molar-refractivity contribution in [2.45, 2.75) is 13.8 Å². The van der Waals surface area contributed by atoms with Crippen LogP contribution in [0, 0.1) is 10.1 Å². The Labute approximate surface area is 280 Å². The van der Waals surface area contributed by atoms with Crippen LogP contribution in [0.2, 0.25) is 0 Å². The van der Waals surface area contributed by atoms with Crippen molar-refractivity contribution in [1.82, 2.24) is 5.43 Å². The zero-order chi connectivity index (χ0) is 35.3. The van der Waals surface area contributed by atoms with E-state index in [0.717, 1.165) is 0 Å². The van der Waals surface area contributed by atoms with Crippen molar-refractivity contribution in [1.29, 1.82) is 0 Å². The van der Waals surface area contributed by atoms with Crippen molar-refractivity contribution < 1.29 is 43.0 Å². The van der Waals surface area contributed by atoms with Crippen LogP contribution >= 0.6 is 0 Å². The number of non-ortho nitro benzene ring substituents is 1. The number of carbonyl (C=O) groups excluding carboxylic acids is 4. The third-order valence-corrected chi connectivity index (χ3v) is 6.44. The van der Waals surface area contributed by atoms with Crippen LogP contribution in [0.4, 0.5) is 11.4 Å². The van der Waals surface area contributed by atoms with E-state index in [1.165, 1.54) is 87.0 Å². The highest BCUT2D eigenvalue weighted by Gasteiger charge is 2.14. The van der Waals surface area contributed by atoms with Gasteiger partial charge in [0.15, 0.2) is 23.0 Å². The highest BCUT2D eigenvalue weighted by molar-refractivity contribution is 6.05. The van der Waals surface area contributed by atoms with Crippen LogP contribution in [-0.4, -0.2) is 48.6 Å². The number of carbonyl (C=O) groups is 4. The Kier molecular flexibility index (Phi) is 11.9. The van der Waals surface area contributed by atoms with Gasteiger partial charge in [0.05, 0.1) is 24.9 Å². The second kappa shape index (κ2) is 16.6. The van der Waals surface area contributed by atoms with Gasteiger partial charge < -0.3 is 24.3 Å². The zero-order valence-corrected chi connectivity index (χ0v) is 26.5. The smallest absolute Gasteiger partial charge is 0.336 e. The molecule has 0 fully saturated rings. The number of rotatable bonds is 13. The Hall–Kier alpha value is -6.83. The summed E-state index contributed by atoms with van der Waals surface area (Å²) in [6.07, 6.45) is 4.02. The van der Waals surface area contributed by atoms with Crippen molar-refractivity contribution in [3.8, 4) is 23.0 Å². The first-order chi connectivity index (χ1) is 23.6. The molecule has 0 atom stereocenters. The van der Waals surface area contributed by atoms with Crippen LogP contribution < -0.4 is 29.7 Å². The fraction of sp³-hybridized carbons (Fsp3) is 0.114. The number of amides is 2. The SMILES string of the molecule is CCOc1cc(C=NNC(=O)c2cccc(NC(=O)c3ccc(OC(C)=O)c(OC)c3)c2)ccc1OC(=O)/C=C/c1ccc([N+](=O)[O-])cc1. The lowest BCUT2D eigenvalue weighted by Crippen LogP contribution is -2.18. The quantitative estimate of drug-likeness (QED) is 0.0457. The Morgan fingerprint density at radius 3 is 2.20 bits per heavy atom. The van der Waals surface area contributed by atoms with Gasteiger partial charge in [0.2, 0.25) is 0 Å². The van der Waals surface area contributed by atoms with Gasteiger partial charge >= 0.3 is 11.9 Å². The van der Waals surface area contributed by atoms with Gasteiger partial charge in [-0.25, -0.2) is 10.2 Å². The molecule has 0 unspecified atom stereocenters. The highest BCUT2D eigenvalue weighted by Crippen LogP contribution is 2.30. The summed E-state index contributed by atoms with van der Waals surface area (Å²) in [4.78, 5) is 59.6. The van der Waals surface area contributed by atoms with Crippen molar-refractivity contribution in [3.63, 3.8) is 0 Å². The normalized spacial score (nSPS) is 10.8. The summed E-state index contributed by atoms with van der Waals surface area (Å²) in [5.41, 5.74) is 4.26. The number of hydrogen-bond donors (Lipinski definition) is 2. The largest absolute Gasteiger partial charge is 0.493 e. The lowest BCUT2D eigenvalue weighted by Gasteiger charge is -2.11. The van der Waals surface area contributed by atoms with Gasteiger partial charge in [0.25, 0.3) is 17.5 Å². The predicted octanol–water partition coefficient (Wildman–Crippen LogP) is 5.56. The number of hydrazone groups is 1. The van der Waals surface area contributed by atoms with Crippen molar-refractivity contribution in [2.75, 3.05) is 19.0 Å². The summed E-state index contributed by atoms with van der Waals surface area (Å²) in [5.74, 6) is -1.47. The number of benzene rings is 4. The zero-order valence-electron chi connectivity index (χ0n) is 26.5. The van der Waals surface area contributed by atoms with Gasteiger partial charge in [-0.1, -0.05) is 6.07 Å². The number of ether oxygens (including phenoxy) is 4. The molecule has 0 heterocycles. The van der Waals surface area contributed by atoms with Gasteiger partial charge in [-0.05, 0) is 90.9 Å². The molecule has 14 heteroatoms. The summed E-state index contributed by atoms with van der Waals surface area (Å²) < 4.78 is 21.3. The van der Waals surface area contributed by atoms with E-state index < -0.39 is 28.7 Å². The lowest BCUT2D eigenvalue weighted by molar-refractivity contribution is -0.384. The van der Waals surface area contributed by atoms with Gasteiger partial charge in [-0.15, -0.1) is 0 Å². The fourth-order valence-electron chi connectivity index (χ4n) is 4.19. The van der Waals surface area contributed by atoms with Crippen molar-refractivity contribution in [2.24, 2.45) is 5.10 Å². The molecule has 49 heavy (non-hydrogen) atoms. The first-order valence-electron chi connectivity index (χ1n) is 14.6. The molecule has 0 bridgehead atoms. The van der Waals surface area contributed by atoms with E-state index in [2.05, 4.69) is 15.8 Å². The van der Waals surface area contributed by atoms with Crippen LogP contribution in [0.3, 0.4) is 0 Å². The first kappa shape index (κ1) is 35.0. The fourth-order valence-corrected chi connectivity index (χ4v) is 4.19. The Balaban J connectivity index is 1.36. The van der Waals surface area contributed by atoms with Gasteiger partial charge in [-0.2, -0.15) is 5.10 Å². The molecule has 0 aliphatic rings. The second-order valence-electron chi connectivity index (χ2n) is 9.94. The van der Waals surface area contributed by atoms with Crippen LogP contribution in [0.5, 0.6) is 23.0 Å². The molecule has 0 radical (unpaired) electrons. The summed E-state index contributed by atoms with van der Waals surface area (Å²) in [6, 6.07) is 20.9. The molecule has 2 N–H and O–H groups in total. The Bertz CT molecular complexity index is 1940. The molecule has 4 aromatic rings. The summed E-state index contributed by atoms with van der Waals surface area (Å²) in [7, 11) is 1.38. The molecule has 4 rings (SSSR count). The molecule has 0 spiro atoms. The maximum atomic E-state index is 12.8. The van der Waals surface area contributed by atoms with E-state index >= 15 is 0 Å². The predicted molar refractivity (Wildman–Crippen MR) is 179 cm³/mol. The molecule has 2 amide bonds. The third kappa shape index (κ3) is 10.1. The molecule has 0 aliphatic heterocycles. The van der Waals surface area contributed by atoms with Gasteiger partial charge in [-0.3, -0.25) is 24.5 Å². The summed E-state index contributed by atoms with van der Waals surface area (Å²) in [6.45, 7) is 3.29. The number of anilines is 1. The van der Waals surface area contributed by atoms with E-state index in [1.54, 1.807) is 37.3 Å². The molecule has 0 aliphatic carbocycles. The number of nitro benzene ring substituents is 1. The molecule has 250 valence electrons. The van der Waals surface area contributed by atoms with E-state index in [1.807, 2.05) is 0 Å². The van der Waals surface area contributed by atoms with Crippen molar-refractivity contribution in [3.05, 3.63) is 123 Å². The monoisotopic (exact) mass is 666 g/mol. The number of hydrogen-bond acceptors (Lipinski definition) is 11. The minimum Gasteiger partial charge on any atom is -0.493 e. The Morgan fingerprint density at radius 1 is 0.816 bits per heavy atom. The number of nitrogens with zero attached hydrogens (tertiary/aromatic N) is 2. The molecule has 0 saturated carbocycles. The van der Waals surface area contributed by atoms with E-state index in [4.69, 9.17) is 18.9 Å². The van der Waals surface area contributed by atoms with Gasteiger partial charge in [0, 0.05) is 41.9 Å². The van der Waals surface area contributed by atoms with Gasteiger partial charge in [0.1, 0.15) is 0 Å². The molecule has 0 saturated heterocycles. The van der Waals surface area contributed by atoms with Crippen LogP contribution in [0.15, 0.2) is 96.1 Å². The van der Waals surface area contributed by atoms with E-state index in [-0.39, 0.29) is 46.4 Å². The van der Waals surface area contributed by atoms with Crippen LogP contribution in [0.25, 0.3) is 6.08 Å². The topological polar surface area (TPSA) is 185 Å². The van der Waals surface area contributed by atoms with Crippen LogP contribution in [0.1, 0.15) is 45.7 Å². The molecular formula is C35H30N4O10. The lowest BCUT2D eigenvalue weighted by atomic mass is 10.1.